The number of halogens is 1. The normalized spacial score (nSPS) is 12.4. The van der Waals surface area contributed by atoms with Crippen molar-refractivity contribution in [3.63, 3.8) is 0 Å². The molecule has 2 N–H and O–H groups in total. The first-order valence-corrected chi connectivity index (χ1v) is 8.95. The number of hydrogen-bond donors (Lipinski definition) is 2. The molecule has 0 aliphatic rings. The summed E-state index contributed by atoms with van der Waals surface area (Å²) in [7, 11) is 0. The molecule has 0 aromatic heterocycles. The molecule has 0 heterocycles. The lowest BCUT2D eigenvalue weighted by molar-refractivity contribution is -0.384. The zero-order valence-corrected chi connectivity index (χ0v) is 16.3. The first-order valence-electron chi connectivity index (χ1n) is 8.95. The van der Waals surface area contributed by atoms with Crippen LogP contribution in [0.4, 0.5) is 10.1 Å². The number of esters is 1. The van der Waals surface area contributed by atoms with E-state index in [0.29, 0.717) is 5.56 Å². The summed E-state index contributed by atoms with van der Waals surface area (Å²) in [6, 6.07) is 9.49. The van der Waals surface area contributed by atoms with Gasteiger partial charge in [-0.1, -0.05) is 18.2 Å². The Labute approximate surface area is 171 Å². The van der Waals surface area contributed by atoms with Crippen LogP contribution in [0.1, 0.15) is 29.8 Å². The van der Waals surface area contributed by atoms with Crippen molar-refractivity contribution in [2.45, 2.75) is 32.5 Å². The average Bonchev–Trinajstić information content (AvgIpc) is 2.72. The first kappa shape index (κ1) is 22.5. The summed E-state index contributed by atoms with van der Waals surface area (Å²) in [5, 5.41) is 15.7. The van der Waals surface area contributed by atoms with Gasteiger partial charge in [-0.05, 0) is 37.6 Å². The Bertz CT molecular complexity index is 948. The Hall–Kier alpha value is -3.82. The van der Waals surface area contributed by atoms with E-state index in [-0.39, 0.29) is 17.8 Å². The lowest BCUT2D eigenvalue weighted by Crippen LogP contribution is -2.43. The van der Waals surface area contributed by atoms with E-state index in [9.17, 15) is 28.9 Å². The van der Waals surface area contributed by atoms with Crippen molar-refractivity contribution in [2.75, 3.05) is 0 Å². The number of carbonyl (C=O) groups is 3. The van der Waals surface area contributed by atoms with E-state index in [1.54, 1.807) is 0 Å². The number of nitrogens with zero attached hydrogens (tertiary/aromatic N) is 1. The van der Waals surface area contributed by atoms with Gasteiger partial charge in [0.25, 0.3) is 17.5 Å². The fourth-order valence-corrected chi connectivity index (χ4v) is 2.36. The molecule has 0 spiro atoms. The molecule has 0 saturated heterocycles. The molecule has 0 fully saturated rings. The maximum atomic E-state index is 12.9. The number of nitrogens with one attached hydrogen (secondary N) is 2. The SMILES string of the molecule is C[C@H](NC(=O)c1cccc([N+](=O)[O-])c1)C(=O)O[C@H](C)C(=O)NCc1ccc(F)cc1. The lowest BCUT2D eigenvalue weighted by Gasteiger charge is -2.17. The van der Waals surface area contributed by atoms with Crippen molar-refractivity contribution in [3.05, 3.63) is 75.6 Å². The van der Waals surface area contributed by atoms with Crippen molar-refractivity contribution in [1.82, 2.24) is 10.6 Å². The molecule has 0 aliphatic carbocycles. The minimum Gasteiger partial charge on any atom is -0.451 e. The van der Waals surface area contributed by atoms with Crippen LogP contribution in [0.2, 0.25) is 0 Å². The van der Waals surface area contributed by atoms with Gasteiger partial charge in [0, 0.05) is 24.2 Å². The molecular weight excluding hydrogens is 397 g/mol. The van der Waals surface area contributed by atoms with Crippen molar-refractivity contribution >= 4 is 23.5 Å². The van der Waals surface area contributed by atoms with Gasteiger partial charge < -0.3 is 15.4 Å². The molecule has 0 bridgehead atoms. The van der Waals surface area contributed by atoms with E-state index >= 15 is 0 Å². The van der Waals surface area contributed by atoms with Crippen molar-refractivity contribution in [3.8, 4) is 0 Å². The quantitative estimate of drug-likeness (QED) is 0.385. The molecule has 0 radical (unpaired) electrons. The van der Waals surface area contributed by atoms with Crippen LogP contribution in [-0.2, 0) is 20.9 Å². The van der Waals surface area contributed by atoms with Gasteiger partial charge >= 0.3 is 5.97 Å². The zero-order chi connectivity index (χ0) is 22.3. The van der Waals surface area contributed by atoms with Gasteiger partial charge in [0.2, 0.25) is 0 Å². The monoisotopic (exact) mass is 417 g/mol. The minimum atomic E-state index is -1.13. The maximum Gasteiger partial charge on any atom is 0.329 e. The van der Waals surface area contributed by atoms with Gasteiger partial charge in [0.05, 0.1) is 4.92 Å². The van der Waals surface area contributed by atoms with Crippen molar-refractivity contribution in [1.29, 1.82) is 0 Å². The second-order valence-corrected chi connectivity index (χ2v) is 6.43. The second kappa shape index (κ2) is 10.1. The standard InChI is InChI=1S/C20H20FN3O6/c1-12(23-19(26)15-4-3-5-17(10-15)24(28)29)20(27)30-13(2)18(25)22-11-14-6-8-16(21)9-7-14/h3-10,12-13H,11H2,1-2H3,(H,22,25)(H,23,26)/t12-,13+/m0/s1. The van der Waals surface area contributed by atoms with Crippen LogP contribution in [0.25, 0.3) is 0 Å². The molecule has 2 aromatic rings. The molecule has 2 aromatic carbocycles. The summed E-state index contributed by atoms with van der Waals surface area (Å²) in [5.41, 5.74) is 0.416. The highest BCUT2D eigenvalue weighted by Gasteiger charge is 2.24. The van der Waals surface area contributed by atoms with E-state index in [1.807, 2.05) is 0 Å². The Morgan fingerprint density at radius 2 is 1.80 bits per heavy atom. The van der Waals surface area contributed by atoms with Crippen molar-refractivity contribution < 1.29 is 28.4 Å². The highest BCUT2D eigenvalue weighted by molar-refractivity contribution is 5.97. The highest BCUT2D eigenvalue weighted by atomic mass is 19.1. The smallest absolute Gasteiger partial charge is 0.329 e. The number of non-ortho nitro benzene ring substituents is 1. The van der Waals surface area contributed by atoms with Crippen LogP contribution >= 0.6 is 0 Å². The average molecular weight is 417 g/mol. The molecule has 0 saturated carbocycles. The summed E-state index contributed by atoms with van der Waals surface area (Å²) in [4.78, 5) is 46.6. The fraction of sp³-hybridized carbons (Fsp3) is 0.250. The molecule has 30 heavy (non-hydrogen) atoms. The Balaban J connectivity index is 1.85. The van der Waals surface area contributed by atoms with Crippen LogP contribution in [0, 0.1) is 15.9 Å². The predicted octanol–water partition coefficient (Wildman–Crippen LogP) is 2.10. The van der Waals surface area contributed by atoms with E-state index in [2.05, 4.69) is 10.6 Å². The third-order valence-corrected chi connectivity index (χ3v) is 4.06. The highest BCUT2D eigenvalue weighted by Crippen LogP contribution is 2.13. The number of benzene rings is 2. The lowest BCUT2D eigenvalue weighted by atomic mass is 10.2. The second-order valence-electron chi connectivity index (χ2n) is 6.43. The topological polar surface area (TPSA) is 128 Å². The number of amides is 2. The van der Waals surface area contributed by atoms with Crippen LogP contribution < -0.4 is 10.6 Å². The predicted molar refractivity (Wildman–Crippen MR) is 104 cm³/mol. The molecule has 158 valence electrons. The summed E-state index contributed by atoms with van der Waals surface area (Å²) in [5.74, 6) is -2.51. The van der Waals surface area contributed by atoms with Gasteiger partial charge in [0.15, 0.2) is 6.10 Å². The van der Waals surface area contributed by atoms with E-state index in [4.69, 9.17) is 4.74 Å². The van der Waals surface area contributed by atoms with Crippen LogP contribution in [-0.4, -0.2) is 34.9 Å². The number of ether oxygens (including phenoxy) is 1. The maximum absolute atomic E-state index is 12.9. The van der Waals surface area contributed by atoms with Gasteiger partial charge in [-0.15, -0.1) is 0 Å². The summed E-state index contributed by atoms with van der Waals surface area (Å²) >= 11 is 0. The van der Waals surface area contributed by atoms with Crippen LogP contribution in [0.3, 0.4) is 0 Å². The Morgan fingerprint density at radius 1 is 1.13 bits per heavy atom. The molecule has 0 aliphatic heterocycles. The van der Waals surface area contributed by atoms with Gasteiger partial charge in [0.1, 0.15) is 11.9 Å². The summed E-state index contributed by atoms with van der Waals surface area (Å²) in [6.45, 7) is 2.85. The third kappa shape index (κ3) is 6.36. The molecular formula is C20H20FN3O6. The molecule has 2 amide bonds. The number of hydrogen-bond acceptors (Lipinski definition) is 6. The van der Waals surface area contributed by atoms with Gasteiger partial charge in [-0.2, -0.15) is 0 Å². The van der Waals surface area contributed by atoms with Gasteiger partial charge in [-0.25, -0.2) is 9.18 Å². The van der Waals surface area contributed by atoms with Gasteiger partial charge in [-0.3, -0.25) is 19.7 Å². The van der Waals surface area contributed by atoms with Crippen molar-refractivity contribution in [2.24, 2.45) is 0 Å². The largest absolute Gasteiger partial charge is 0.451 e. The van der Waals surface area contributed by atoms with Crippen LogP contribution in [0.15, 0.2) is 48.5 Å². The molecule has 0 unspecified atom stereocenters. The Morgan fingerprint density at radius 3 is 2.43 bits per heavy atom. The minimum absolute atomic E-state index is 0.00828. The molecule has 2 atom stereocenters. The number of nitro benzene ring substituents is 1. The zero-order valence-electron chi connectivity index (χ0n) is 16.3. The number of carbonyl (C=O) groups excluding carboxylic acids is 3. The van der Waals surface area contributed by atoms with E-state index in [0.717, 1.165) is 6.07 Å². The van der Waals surface area contributed by atoms with E-state index < -0.39 is 40.7 Å². The summed E-state index contributed by atoms with van der Waals surface area (Å²) in [6.07, 6.45) is -1.13. The molecule has 9 nitrogen and oxygen atoms in total. The summed E-state index contributed by atoms with van der Waals surface area (Å²) < 4.78 is 17.9. The third-order valence-electron chi connectivity index (χ3n) is 4.06. The number of nitro groups is 1. The fourth-order valence-electron chi connectivity index (χ4n) is 2.36. The molecule has 10 heteroatoms. The van der Waals surface area contributed by atoms with Crippen LogP contribution in [0.5, 0.6) is 0 Å². The number of rotatable bonds is 8. The molecule has 2 rings (SSSR count). The Kier molecular flexibility index (Phi) is 7.56. The van der Waals surface area contributed by atoms with E-state index in [1.165, 1.54) is 56.3 Å². The first-order chi connectivity index (χ1) is 14.2.